The predicted molar refractivity (Wildman–Crippen MR) is 104 cm³/mol. The van der Waals surface area contributed by atoms with Gasteiger partial charge in [-0.15, -0.1) is 0 Å². The van der Waals surface area contributed by atoms with E-state index in [4.69, 9.17) is 0 Å². The van der Waals surface area contributed by atoms with Gasteiger partial charge in [-0.2, -0.15) is 0 Å². The van der Waals surface area contributed by atoms with Crippen LogP contribution in [-0.4, -0.2) is 6.54 Å². The van der Waals surface area contributed by atoms with Gasteiger partial charge < -0.3 is 5.32 Å². The third kappa shape index (κ3) is 3.15. The molecular formula is C24H29N. The van der Waals surface area contributed by atoms with Crippen molar-refractivity contribution in [3.8, 4) is 11.1 Å². The van der Waals surface area contributed by atoms with Crippen molar-refractivity contribution in [2.75, 3.05) is 6.54 Å². The molecule has 4 fully saturated rings. The molecule has 0 aliphatic heterocycles. The molecular weight excluding hydrogens is 302 g/mol. The fraction of sp³-hybridized carbons (Fsp3) is 0.500. The van der Waals surface area contributed by atoms with Crippen molar-refractivity contribution in [3.63, 3.8) is 0 Å². The minimum Gasteiger partial charge on any atom is -0.312 e. The van der Waals surface area contributed by atoms with Crippen molar-refractivity contribution >= 4 is 0 Å². The molecule has 1 nitrogen and oxygen atoms in total. The van der Waals surface area contributed by atoms with Crippen molar-refractivity contribution in [3.05, 3.63) is 60.2 Å². The van der Waals surface area contributed by atoms with Crippen LogP contribution in [-0.2, 0) is 6.54 Å². The molecule has 6 rings (SSSR count). The number of rotatable bonds is 5. The highest BCUT2D eigenvalue weighted by Gasteiger charge is 2.47. The lowest BCUT2D eigenvalue weighted by Gasteiger charge is -2.54. The van der Waals surface area contributed by atoms with Gasteiger partial charge in [-0.1, -0.05) is 54.6 Å². The van der Waals surface area contributed by atoms with Crippen molar-refractivity contribution < 1.29 is 0 Å². The van der Waals surface area contributed by atoms with E-state index in [1.165, 1.54) is 48.9 Å². The Kier molecular flexibility index (Phi) is 4.13. The van der Waals surface area contributed by atoms with E-state index in [9.17, 15) is 0 Å². The molecule has 4 aliphatic rings. The van der Waals surface area contributed by atoms with Crippen LogP contribution in [0, 0.1) is 29.6 Å². The SMILES string of the molecule is c1ccc(-c2ccc(CNCC3C4CC5CC(C4)CC3C5)cc2)cc1. The lowest BCUT2D eigenvalue weighted by atomic mass is 9.52. The van der Waals surface area contributed by atoms with E-state index in [-0.39, 0.29) is 0 Å². The Bertz CT molecular complexity index is 675. The summed E-state index contributed by atoms with van der Waals surface area (Å²) in [5.41, 5.74) is 4.02. The second-order valence-corrected chi connectivity index (χ2v) is 8.79. The van der Waals surface area contributed by atoms with Crippen molar-refractivity contribution in [2.24, 2.45) is 29.6 Å². The highest BCUT2D eigenvalue weighted by Crippen LogP contribution is 2.56. The van der Waals surface area contributed by atoms with Crippen LogP contribution in [0.1, 0.15) is 37.7 Å². The van der Waals surface area contributed by atoms with Crippen molar-refractivity contribution in [1.29, 1.82) is 0 Å². The molecule has 4 bridgehead atoms. The van der Waals surface area contributed by atoms with Gasteiger partial charge in [0.05, 0.1) is 0 Å². The topological polar surface area (TPSA) is 12.0 Å². The lowest BCUT2D eigenvalue weighted by molar-refractivity contribution is -0.0355. The van der Waals surface area contributed by atoms with E-state index in [1.807, 2.05) is 0 Å². The standard InChI is InChI=1S/C24H29N/c1-2-4-20(5-3-1)21-8-6-17(7-9-21)15-25-16-24-22-11-18-10-19(13-22)14-23(24)12-18/h1-9,18-19,22-25H,10-16H2. The number of benzene rings is 2. The first kappa shape index (κ1) is 15.6. The van der Waals surface area contributed by atoms with Crippen molar-refractivity contribution in [1.82, 2.24) is 5.32 Å². The maximum absolute atomic E-state index is 3.79. The zero-order valence-corrected chi connectivity index (χ0v) is 15.0. The highest BCUT2D eigenvalue weighted by molar-refractivity contribution is 5.63. The quantitative estimate of drug-likeness (QED) is 0.761. The molecule has 0 saturated heterocycles. The fourth-order valence-electron chi connectivity index (χ4n) is 6.20. The molecule has 0 amide bonds. The highest BCUT2D eigenvalue weighted by atomic mass is 14.9. The molecule has 1 heteroatoms. The van der Waals surface area contributed by atoms with Gasteiger partial charge in [0.2, 0.25) is 0 Å². The van der Waals surface area contributed by atoms with E-state index >= 15 is 0 Å². The largest absolute Gasteiger partial charge is 0.312 e. The molecule has 2 aromatic rings. The lowest BCUT2D eigenvalue weighted by Crippen LogP contribution is -2.48. The zero-order valence-electron chi connectivity index (χ0n) is 15.0. The van der Waals surface area contributed by atoms with E-state index in [1.54, 1.807) is 6.42 Å². The maximum Gasteiger partial charge on any atom is 0.0205 e. The third-order valence-corrected chi connectivity index (χ3v) is 7.19. The van der Waals surface area contributed by atoms with Gasteiger partial charge in [0.1, 0.15) is 0 Å². The van der Waals surface area contributed by atoms with Gasteiger partial charge in [0.15, 0.2) is 0 Å². The van der Waals surface area contributed by atoms with E-state index < -0.39 is 0 Å². The Morgan fingerprint density at radius 1 is 0.680 bits per heavy atom. The normalized spacial score (nSPS) is 32.9. The van der Waals surface area contributed by atoms with Gasteiger partial charge in [0, 0.05) is 6.54 Å². The summed E-state index contributed by atoms with van der Waals surface area (Å²) in [6, 6.07) is 19.7. The summed E-state index contributed by atoms with van der Waals surface area (Å²) in [6.07, 6.45) is 7.69. The Labute approximate surface area is 151 Å². The molecule has 2 aromatic carbocycles. The summed E-state index contributed by atoms with van der Waals surface area (Å²) in [5, 5.41) is 3.79. The smallest absolute Gasteiger partial charge is 0.0205 e. The van der Waals surface area contributed by atoms with Gasteiger partial charge in [-0.25, -0.2) is 0 Å². The molecule has 4 saturated carbocycles. The summed E-state index contributed by atoms with van der Waals surface area (Å²) < 4.78 is 0. The molecule has 25 heavy (non-hydrogen) atoms. The second-order valence-electron chi connectivity index (χ2n) is 8.79. The van der Waals surface area contributed by atoms with Crippen LogP contribution in [0.4, 0.5) is 0 Å². The molecule has 4 aliphatic carbocycles. The molecule has 0 unspecified atom stereocenters. The Balaban J connectivity index is 1.17. The zero-order chi connectivity index (χ0) is 16.6. The van der Waals surface area contributed by atoms with Crippen LogP contribution >= 0.6 is 0 Å². The summed E-state index contributed by atoms with van der Waals surface area (Å²) in [7, 11) is 0. The average Bonchev–Trinajstić information content (AvgIpc) is 2.65. The molecule has 0 atom stereocenters. The van der Waals surface area contributed by atoms with Gasteiger partial charge in [-0.05, 0) is 84.9 Å². The summed E-state index contributed by atoms with van der Waals surface area (Å²) in [6.45, 7) is 2.24. The number of nitrogens with one attached hydrogen (secondary N) is 1. The first-order valence-corrected chi connectivity index (χ1v) is 10.2. The predicted octanol–water partition coefficient (Wildman–Crippen LogP) is 5.52. The molecule has 0 radical (unpaired) electrons. The number of hydrogen-bond donors (Lipinski definition) is 1. The van der Waals surface area contributed by atoms with Crippen molar-refractivity contribution in [2.45, 2.75) is 38.6 Å². The first-order valence-electron chi connectivity index (χ1n) is 10.2. The Morgan fingerprint density at radius 3 is 1.92 bits per heavy atom. The number of hydrogen-bond acceptors (Lipinski definition) is 1. The fourth-order valence-corrected chi connectivity index (χ4v) is 6.20. The molecule has 0 spiro atoms. The summed E-state index contributed by atoms with van der Waals surface area (Å²) in [5.74, 6) is 5.19. The minimum atomic E-state index is 0.955. The molecule has 130 valence electrons. The van der Waals surface area contributed by atoms with Crippen LogP contribution < -0.4 is 5.32 Å². The van der Waals surface area contributed by atoms with E-state index in [2.05, 4.69) is 59.9 Å². The maximum atomic E-state index is 3.79. The van der Waals surface area contributed by atoms with Crippen LogP contribution in [0.25, 0.3) is 11.1 Å². The van der Waals surface area contributed by atoms with Gasteiger partial charge in [0.25, 0.3) is 0 Å². The summed E-state index contributed by atoms with van der Waals surface area (Å²) >= 11 is 0. The molecule has 1 N–H and O–H groups in total. The Hall–Kier alpha value is -1.60. The summed E-state index contributed by atoms with van der Waals surface area (Å²) in [4.78, 5) is 0. The minimum absolute atomic E-state index is 0.955. The van der Waals surface area contributed by atoms with Gasteiger partial charge in [-0.3, -0.25) is 0 Å². The molecule has 0 heterocycles. The Morgan fingerprint density at radius 2 is 1.28 bits per heavy atom. The monoisotopic (exact) mass is 331 g/mol. The average molecular weight is 332 g/mol. The van der Waals surface area contributed by atoms with Crippen LogP contribution in [0.2, 0.25) is 0 Å². The molecule has 0 aromatic heterocycles. The van der Waals surface area contributed by atoms with E-state index in [0.717, 1.165) is 36.1 Å². The third-order valence-electron chi connectivity index (χ3n) is 7.19. The second kappa shape index (κ2) is 6.61. The van der Waals surface area contributed by atoms with Crippen LogP contribution in [0.5, 0.6) is 0 Å². The van der Waals surface area contributed by atoms with Crippen LogP contribution in [0.15, 0.2) is 54.6 Å². The first-order chi connectivity index (χ1) is 12.3. The van der Waals surface area contributed by atoms with Crippen LogP contribution in [0.3, 0.4) is 0 Å². The van der Waals surface area contributed by atoms with Gasteiger partial charge >= 0.3 is 0 Å². The van der Waals surface area contributed by atoms with E-state index in [0.29, 0.717) is 0 Å².